The summed E-state index contributed by atoms with van der Waals surface area (Å²) >= 11 is 6.79. The molecule has 3 aromatic rings. The lowest BCUT2D eigenvalue weighted by Gasteiger charge is -2.36. The predicted molar refractivity (Wildman–Crippen MR) is 129 cm³/mol. The molecule has 1 aliphatic heterocycles. The number of amides is 1. The fraction of sp³-hybridized carbons (Fsp3) is 0.364. The SMILES string of the molecule is N#Cc1cc(Nc2nc(NC3CC3)c3ncc(C#N)n3n2)c(Cl)c(N2CCN(CC(N)=O)CC2)c1. The van der Waals surface area contributed by atoms with E-state index in [0.717, 1.165) is 12.8 Å². The van der Waals surface area contributed by atoms with Crippen molar-refractivity contribution in [3.8, 4) is 12.1 Å². The van der Waals surface area contributed by atoms with Crippen molar-refractivity contribution in [3.63, 3.8) is 0 Å². The van der Waals surface area contributed by atoms with Crippen molar-refractivity contribution in [3.05, 3.63) is 34.6 Å². The first-order chi connectivity index (χ1) is 16.9. The third-order valence-corrected chi connectivity index (χ3v) is 6.31. The number of nitrogens with two attached hydrogens (primary N) is 1. The first-order valence-electron chi connectivity index (χ1n) is 11.1. The number of hydrogen-bond donors (Lipinski definition) is 3. The number of anilines is 4. The maximum absolute atomic E-state index is 11.2. The zero-order chi connectivity index (χ0) is 24.5. The number of halogens is 1. The third kappa shape index (κ3) is 4.75. The number of imidazole rings is 1. The predicted octanol–water partition coefficient (Wildman–Crippen LogP) is 1.45. The summed E-state index contributed by atoms with van der Waals surface area (Å²) in [6, 6.07) is 7.95. The molecule has 1 aromatic carbocycles. The van der Waals surface area contributed by atoms with E-state index in [1.807, 2.05) is 4.90 Å². The van der Waals surface area contributed by atoms with Gasteiger partial charge in [0.2, 0.25) is 11.9 Å². The van der Waals surface area contributed by atoms with E-state index in [4.69, 9.17) is 17.3 Å². The van der Waals surface area contributed by atoms with Crippen LogP contribution < -0.4 is 21.3 Å². The van der Waals surface area contributed by atoms with Crippen molar-refractivity contribution in [2.75, 3.05) is 48.3 Å². The Morgan fingerprint density at radius 3 is 2.63 bits per heavy atom. The van der Waals surface area contributed by atoms with Crippen molar-refractivity contribution >= 4 is 46.3 Å². The Balaban J connectivity index is 1.46. The number of fused-ring (bicyclic) bond motifs is 1. The molecule has 4 N–H and O–H groups in total. The van der Waals surface area contributed by atoms with E-state index in [1.54, 1.807) is 12.1 Å². The third-order valence-electron chi connectivity index (χ3n) is 5.92. The fourth-order valence-electron chi connectivity index (χ4n) is 4.01. The number of nitriles is 2. The molecule has 5 rings (SSSR count). The molecule has 1 amide bonds. The number of nitrogens with one attached hydrogen (secondary N) is 2. The monoisotopic (exact) mass is 491 g/mol. The van der Waals surface area contributed by atoms with Crippen molar-refractivity contribution in [1.29, 1.82) is 10.5 Å². The average molecular weight is 492 g/mol. The van der Waals surface area contributed by atoms with Crippen LogP contribution in [0.5, 0.6) is 0 Å². The van der Waals surface area contributed by atoms with E-state index < -0.39 is 0 Å². The van der Waals surface area contributed by atoms with Crippen LogP contribution in [0, 0.1) is 22.7 Å². The summed E-state index contributed by atoms with van der Waals surface area (Å²) < 4.78 is 1.43. The van der Waals surface area contributed by atoms with Crippen molar-refractivity contribution in [1.82, 2.24) is 24.5 Å². The molecule has 178 valence electrons. The Kier molecular flexibility index (Phi) is 5.99. The molecule has 2 fully saturated rings. The van der Waals surface area contributed by atoms with Crippen LogP contribution in [0.4, 0.5) is 23.1 Å². The first kappa shape index (κ1) is 22.7. The number of aromatic nitrogens is 4. The molecule has 0 spiro atoms. The summed E-state index contributed by atoms with van der Waals surface area (Å²) in [5.74, 6) is 0.369. The number of benzene rings is 1. The molecule has 0 unspecified atom stereocenters. The highest BCUT2D eigenvalue weighted by Gasteiger charge is 2.25. The molecule has 1 saturated heterocycles. The minimum absolute atomic E-state index is 0.211. The molecule has 0 bridgehead atoms. The Hall–Kier alpha value is -4.13. The first-order valence-corrected chi connectivity index (χ1v) is 11.5. The highest BCUT2D eigenvalue weighted by molar-refractivity contribution is 6.36. The molecule has 0 radical (unpaired) electrons. The summed E-state index contributed by atoms with van der Waals surface area (Å²) in [7, 11) is 0. The number of carbonyl (C=O) groups excluding carboxylic acids is 1. The lowest BCUT2D eigenvalue weighted by atomic mass is 10.1. The molecule has 2 aromatic heterocycles. The van der Waals surface area contributed by atoms with Crippen LogP contribution in [0.1, 0.15) is 24.1 Å². The van der Waals surface area contributed by atoms with Gasteiger partial charge in [0.05, 0.1) is 40.8 Å². The maximum Gasteiger partial charge on any atom is 0.247 e. The summed E-state index contributed by atoms with van der Waals surface area (Å²) in [5, 5.41) is 30.4. The minimum Gasteiger partial charge on any atom is -0.369 e. The highest BCUT2D eigenvalue weighted by atomic mass is 35.5. The Bertz CT molecular complexity index is 1380. The van der Waals surface area contributed by atoms with Gasteiger partial charge in [-0.15, -0.1) is 5.10 Å². The van der Waals surface area contributed by atoms with E-state index in [-0.39, 0.29) is 24.1 Å². The summed E-state index contributed by atoms with van der Waals surface area (Å²) in [5.41, 5.74) is 7.64. The quantitative estimate of drug-likeness (QED) is 0.440. The van der Waals surface area contributed by atoms with Gasteiger partial charge in [-0.2, -0.15) is 20.0 Å². The van der Waals surface area contributed by atoms with Crippen LogP contribution >= 0.6 is 11.6 Å². The highest BCUT2D eigenvalue weighted by Crippen LogP contribution is 2.36. The molecule has 12 nitrogen and oxygen atoms in total. The van der Waals surface area contributed by atoms with Crippen LogP contribution in [0.25, 0.3) is 5.65 Å². The van der Waals surface area contributed by atoms with E-state index in [0.29, 0.717) is 65.6 Å². The van der Waals surface area contributed by atoms with Gasteiger partial charge in [0, 0.05) is 32.2 Å². The molecule has 0 atom stereocenters. The van der Waals surface area contributed by atoms with Gasteiger partial charge in [-0.1, -0.05) is 11.6 Å². The maximum atomic E-state index is 11.2. The second-order valence-corrected chi connectivity index (χ2v) is 8.89. The Labute approximate surface area is 205 Å². The Morgan fingerprint density at radius 2 is 1.97 bits per heavy atom. The second-order valence-electron chi connectivity index (χ2n) is 8.52. The van der Waals surface area contributed by atoms with Crippen LogP contribution in [0.2, 0.25) is 5.02 Å². The van der Waals surface area contributed by atoms with E-state index in [9.17, 15) is 15.3 Å². The van der Waals surface area contributed by atoms with Gasteiger partial charge < -0.3 is 21.3 Å². The number of hydrogen-bond acceptors (Lipinski definition) is 10. The normalized spacial score (nSPS) is 16.0. The van der Waals surface area contributed by atoms with E-state index >= 15 is 0 Å². The second kappa shape index (κ2) is 9.25. The van der Waals surface area contributed by atoms with Gasteiger partial charge in [0.15, 0.2) is 17.2 Å². The number of piperazine rings is 1. The average Bonchev–Trinajstić information content (AvgIpc) is 3.56. The van der Waals surface area contributed by atoms with Gasteiger partial charge >= 0.3 is 0 Å². The van der Waals surface area contributed by atoms with Crippen molar-refractivity contribution in [2.45, 2.75) is 18.9 Å². The zero-order valence-electron chi connectivity index (χ0n) is 18.7. The minimum atomic E-state index is -0.362. The van der Waals surface area contributed by atoms with Crippen LogP contribution in [-0.2, 0) is 4.79 Å². The van der Waals surface area contributed by atoms with Gasteiger partial charge in [-0.25, -0.2) is 4.98 Å². The molecule has 3 heterocycles. The van der Waals surface area contributed by atoms with Crippen molar-refractivity contribution in [2.24, 2.45) is 5.73 Å². The molecule has 1 aliphatic carbocycles. The summed E-state index contributed by atoms with van der Waals surface area (Å²) in [6.07, 6.45) is 3.53. The number of primary amides is 1. The fourth-order valence-corrected chi connectivity index (χ4v) is 4.29. The van der Waals surface area contributed by atoms with Gasteiger partial charge in [-0.3, -0.25) is 9.69 Å². The topological polar surface area (TPSA) is 164 Å². The lowest BCUT2D eigenvalue weighted by Crippen LogP contribution is -2.49. The molecule has 1 saturated carbocycles. The van der Waals surface area contributed by atoms with Gasteiger partial charge in [-0.05, 0) is 25.0 Å². The number of nitrogens with zero attached hydrogens (tertiary/aromatic N) is 8. The molecule has 13 heteroatoms. The summed E-state index contributed by atoms with van der Waals surface area (Å²) in [6.45, 7) is 2.75. The smallest absolute Gasteiger partial charge is 0.247 e. The number of rotatable bonds is 7. The van der Waals surface area contributed by atoms with Crippen LogP contribution in [0.15, 0.2) is 18.3 Å². The van der Waals surface area contributed by atoms with E-state index in [2.05, 4.69) is 42.7 Å². The van der Waals surface area contributed by atoms with Crippen molar-refractivity contribution < 1.29 is 4.79 Å². The van der Waals surface area contributed by atoms with Crippen LogP contribution in [0.3, 0.4) is 0 Å². The molecule has 2 aliphatic rings. The molecular weight excluding hydrogens is 470 g/mol. The van der Waals surface area contributed by atoms with Gasteiger partial charge in [0.1, 0.15) is 6.07 Å². The van der Waals surface area contributed by atoms with E-state index in [1.165, 1.54) is 10.7 Å². The number of carbonyl (C=O) groups is 1. The summed E-state index contributed by atoms with van der Waals surface area (Å²) in [4.78, 5) is 24.1. The Morgan fingerprint density at radius 1 is 1.20 bits per heavy atom. The zero-order valence-corrected chi connectivity index (χ0v) is 19.5. The van der Waals surface area contributed by atoms with Gasteiger partial charge in [0.25, 0.3) is 0 Å². The largest absolute Gasteiger partial charge is 0.369 e. The standard InChI is InChI=1S/C22H22ClN11O/c23-19-16(7-13(9-24)8-17(19)33-5-3-32(4-6-33)12-18(26)35)29-22-30-20(28-14-1-2-14)21-27-11-15(10-25)34(21)31-22/h7-8,11,14H,1-6,12H2,(H2,26,35)(H2,28,29,30,31). The lowest BCUT2D eigenvalue weighted by molar-refractivity contribution is -0.119. The molecule has 35 heavy (non-hydrogen) atoms. The molecular formula is C22H22ClN11O. The van der Waals surface area contributed by atoms with Crippen LogP contribution in [-0.4, -0.2) is 69.2 Å².